The molecule has 0 bridgehead atoms. The van der Waals surface area contributed by atoms with Gasteiger partial charge in [0.1, 0.15) is 16.5 Å². The molecular formula is C16H7Cl4FN2O2. The van der Waals surface area contributed by atoms with Crippen LogP contribution in [0.3, 0.4) is 0 Å². The van der Waals surface area contributed by atoms with Crippen molar-refractivity contribution in [2.24, 2.45) is 0 Å². The third-order valence-corrected chi connectivity index (χ3v) is 4.84. The second-order valence-electron chi connectivity index (χ2n) is 4.96. The molecule has 0 spiro atoms. The third kappa shape index (κ3) is 3.20. The summed E-state index contributed by atoms with van der Waals surface area (Å²) in [5.74, 6) is -2.10. The molecule has 2 aromatic rings. The molecule has 1 aliphatic heterocycles. The molecule has 2 aromatic carbocycles. The van der Waals surface area contributed by atoms with Gasteiger partial charge in [-0.05, 0) is 30.3 Å². The molecule has 4 nitrogen and oxygen atoms in total. The summed E-state index contributed by atoms with van der Waals surface area (Å²) < 4.78 is 13.2. The van der Waals surface area contributed by atoms with Gasteiger partial charge in [-0.2, -0.15) is 0 Å². The highest BCUT2D eigenvalue weighted by molar-refractivity contribution is 6.54. The topological polar surface area (TPSA) is 49.4 Å². The van der Waals surface area contributed by atoms with Gasteiger partial charge in [-0.3, -0.25) is 9.59 Å². The van der Waals surface area contributed by atoms with Crippen LogP contribution in [0.25, 0.3) is 0 Å². The zero-order valence-corrected chi connectivity index (χ0v) is 15.1. The van der Waals surface area contributed by atoms with Crippen molar-refractivity contribution >= 4 is 69.6 Å². The summed E-state index contributed by atoms with van der Waals surface area (Å²) in [7, 11) is 0. The van der Waals surface area contributed by atoms with Crippen LogP contribution in [0.4, 0.5) is 15.8 Å². The first-order valence-electron chi connectivity index (χ1n) is 6.76. The molecule has 25 heavy (non-hydrogen) atoms. The van der Waals surface area contributed by atoms with Crippen LogP contribution < -0.4 is 10.2 Å². The van der Waals surface area contributed by atoms with Gasteiger partial charge in [-0.15, -0.1) is 0 Å². The van der Waals surface area contributed by atoms with E-state index in [-0.39, 0.29) is 31.5 Å². The fourth-order valence-corrected chi connectivity index (χ4v) is 2.99. The summed E-state index contributed by atoms with van der Waals surface area (Å²) in [6.07, 6.45) is 0. The van der Waals surface area contributed by atoms with E-state index in [0.717, 1.165) is 11.0 Å². The lowest BCUT2D eigenvalue weighted by Crippen LogP contribution is -2.32. The molecule has 2 amide bonds. The number of amides is 2. The van der Waals surface area contributed by atoms with E-state index in [4.69, 9.17) is 46.4 Å². The average Bonchev–Trinajstić information content (AvgIpc) is 2.78. The van der Waals surface area contributed by atoms with Crippen molar-refractivity contribution in [3.05, 3.63) is 68.0 Å². The lowest BCUT2D eigenvalue weighted by molar-refractivity contribution is -0.120. The summed E-state index contributed by atoms with van der Waals surface area (Å²) in [5.41, 5.74) is 0.223. The van der Waals surface area contributed by atoms with E-state index in [1.54, 1.807) is 6.07 Å². The Morgan fingerprint density at radius 1 is 0.920 bits per heavy atom. The van der Waals surface area contributed by atoms with E-state index in [1.807, 2.05) is 0 Å². The number of carbonyl (C=O) groups is 2. The van der Waals surface area contributed by atoms with Crippen LogP contribution in [-0.2, 0) is 9.59 Å². The van der Waals surface area contributed by atoms with Crippen LogP contribution in [0.5, 0.6) is 0 Å². The molecule has 0 atom stereocenters. The van der Waals surface area contributed by atoms with E-state index in [1.165, 1.54) is 24.3 Å². The van der Waals surface area contributed by atoms with Crippen molar-refractivity contribution < 1.29 is 14.0 Å². The van der Waals surface area contributed by atoms with Crippen molar-refractivity contribution in [3.8, 4) is 0 Å². The normalized spacial score (nSPS) is 14.5. The number of anilines is 2. The number of imide groups is 1. The van der Waals surface area contributed by atoms with Crippen LogP contribution in [0.15, 0.2) is 47.1 Å². The zero-order valence-electron chi connectivity index (χ0n) is 12.1. The quantitative estimate of drug-likeness (QED) is 0.693. The molecular weight excluding hydrogens is 413 g/mol. The number of nitrogens with one attached hydrogen (secondary N) is 1. The largest absolute Gasteiger partial charge is 0.350 e. The fraction of sp³-hybridized carbons (Fsp3) is 0. The Bertz CT molecular complexity index is 946. The van der Waals surface area contributed by atoms with Crippen molar-refractivity contribution in [1.29, 1.82) is 0 Å². The summed E-state index contributed by atoms with van der Waals surface area (Å²) in [4.78, 5) is 25.8. The highest BCUT2D eigenvalue weighted by Crippen LogP contribution is 2.37. The van der Waals surface area contributed by atoms with Gasteiger partial charge in [0.15, 0.2) is 0 Å². The molecule has 0 unspecified atom stereocenters. The number of carbonyl (C=O) groups excluding carboxylic acids is 2. The van der Waals surface area contributed by atoms with Gasteiger partial charge < -0.3 is 5.32 Å². The molecule has 0 aromatic heterocycles. The number of hydrogen-bond acceptors (Lipinski definition) is 3. The summed E-state index contributed by atoms with van der Waals surface area (Å²) in [5, 5.41) is 2.43. The molecule has 0 aliphatic carbocycles. The van der Waals surface area contributed by atoms with Gasteiger partial charge in [0.05, 0.1) is 20.8 Å². The first-order valence-corrected chi connectivity index (χ1v) is 8.27. The molecule has 0 saturated heterocycles. The smallest absolute Gasteiger partial charge is 0.283 e. The second kappa shape index (κ2) is 6.84. The van der Waals surface area contributed by atoms with E-state index in [2.05, 4.69) is 5.32 Å². The van der Waals surface area contributed by atoms with Crippen LogP contribution in [0, 0.1) is 5.82 Å². The van der Waals surface area contributed by atoms with Crippen molar-refractivity contribution in [2.75, 3.05) is 10.2 Å². The van der Waals surface area contributed by atoms with Gasteiger partial charge in [0.2, 0.25) is 0 Å². The van der Waals surface area contributed by atoms with Gasteiger partial charge in [0, 0.05) is 5.69 Å². The highest BCUT2D eigenvalue weighted by atomic mass is 35.5. The SMILES string of the molecule is O=C1C(Cl)=C(Nc2ccc(F)c(Cl)c2)C(=O)N1c1cccc(Cl)c1Cl. The van der Waals surface area contributed by atoms with Gasteiger partial charge >= 0.3 is 0 Å². The lowest BCUT2D eigenvalue weighted by atomic mass is 10.2. The molecule has 1 heterocycles. The highest BCUT2D eigenvalue weighted by Gasteiger charge is 2.40. The predicted octanol–water partition coefficient (Wildman–Crippen LogP) is 5.22. The van der Waals surface area contributed by atoms with Crippen LogP contribution in [0.2, 0.25) is 15.1 Å². The maximum absolute atomic E-state index is 13.2. The third-order valence-electron chi connectivity index (χ3n) is 3.39. The number of benzene rings is 2. The Labute approximate surface area is 161 Å². The Morgan fingerprint density at radius 3 is 2.32 bits per heavy atom. The molecule has 1 aliphatic rings. The van der Waals surface area contributed by atoms with Crippen molar-refractivity contribution in [2.45, 2.75) is 0 Å². The maximum Gasteiger partial charge on any atom is 0.283 e. The van der Waals surface area contributed by atoms with E-state index < -0.39 is 17.6 Å². The predicted molar refractivity (Wildman–Crippen MR) is 96.9 cm³/mol. The minimum atomic E-state index is -0.758. The zero-order chi connectivity index (χ0) is 18.3. The Morgan fingerprint density at radius 2 is 1.64 bits per heavy atom. The summed E-state index contributed by atoms with van der Waals surface area (Å²) in [6.45, 7) is 0. The van der Waals surface area contributed by atoms with Gasteiger partial charge in [-0.25, -0.2) is 9.29 Å². The fourth-order valence-electron chi connectivity index (χ4n) is 2.21. The number of rotatable bonds is 3. The Hall–Kier alpha value is -1.79. The summed E-state index contributed by atoms with van der Waals surface area (Å²) in [6, 6.07) is 8.26. The summed E-state index contributed by atoms with van der Waals surface area (Å²) >= 11 is 23.7. The van der Waals surface area contributed by atoms with Crippen LogP contribution >= 0.6 is 46.4 Å². The first kappa shape index (κ1) is 18.0. The van der Waals surface area contributed by atoms with E-state index in [0.29, 0.717) is 5.69 Å². The average molecular weight is 420 g/mol. The molecule has 1 N–H and O–H groups in total. The monoisotopic (exact) mass is 418 g/mol. The molecule has 0 saturated carbocycles. The molecule has 0 radical (unpaired) electrons. The lowest BCUT2D eigenvalue weighted by Gasteiger charge is -2.17. The van der Waals surface area contributed by atoms with Crippen molar-refractivity contribution in [1.82, 2.24) is 0 Å². The molecule has 0 fully saturated rings. The number of halogens is 5. The molecule has 128 valence electrons. The number of nitrogens with zero attached hydrogens (tertiary/aromatic N) is 1. The minimum Gasteiger partial charge on any atom is -0.350 e. The minimum absolute atomic E-state index is 0.0430. The maximum atomic E-state index is 13.2. The number of hydrogen-bond donors (Lipinski definition) is 1. The molecule has 9 heteroatoms. The van der Waals surface area contributed by atoms with Crippen LogP contribution in [-0.4, -0.2) is 11.8 Å². The Kier molecular flexibility index (Phi) is 4.93. The van der Waals surface area contributed by atoms with Gasteiger partial charge in [-0.1, -0.05) is 52.5 Å². The van der Waals surface area contributed by atoms with Gasteiger partial charge in [0.25, 0.3) is 11.8 Å². The van der Waals surface area contributed by atoms with E-state index in [9.17, 15) is 14.0 Å². The first-order chi connectivity index (χ1) is 11.8. The van der Waals surface area contributed by atoms with Crippen LogP contribution in [0.1, 0.15) is 0 Å². The second-order valence-corrected chi connectivity index (χ2v) is 6.53. The van der Waals surface area contributed by atoms with E-state index >= 15 is 0 Å². The Balaban J connectivity index is 1.96. The standard InChI is InChI=1S/C16H7Cl4FN2O2/c17-8-2-1-3-11(12(8)19)23-15(24)13(20)14(16(23)25)22-7-4-5-10(21)9(18)6-7/h1-6,22H. The van der Waals surface area contributed by atoms with Crippen molar-refractivity contribution in [3.63, 3.8) is 0 Å². The molecule has 3 rings (SSSR count).